The molecular weight excluding hydrogens is 393 g/mol. The number of likely N-dealkylation sites (tertiary alicyclic amines) is 1. The van der Waals surface area contributed by atoms with Crippen molar-refractivity contribution in [3.8, 4) is 0 Å². The first-order valence-corrected chi connectivity index (χ1v) is 10.1. The number of hydrogen-bond donors (Lipinski definition) is 1. The quantitative estimate of drug-likeness (QED) is 0.800. The molecule has 0 aromatic heterocycles. The lowest BCUT2D eigenvalue weighted by molar-refractivity contribution is -0.136. The zero-order chi connectivity index (χ0) is 20.5. The number of aryl methyl sites for hydroxylation is 1. The molecule has 2 atom stereocenters. The van der Waals surface area contributed by atoms with Crippen LogP contribution in [-0.2, 0) is 17.8 Å². The smallest absolute Gasteiger partial charge is 0.322 e. The number of alkyl halides is 1. The molecule has 0 bridgehead atoms. The van der Waals surface area contributed by atoms with Crippen LogP contribution in [0.1, 0.15) is 23.1 Å². The molecule has 0 aliphatic carbocycles. The number of halogens is 2. The van der Waals surface area contributed by atoms with Crippen LogP contribution in [0.5, 0.6) is 0 Å². The maximum absolute atomic E-state index is 14.2. The summed E-state index contributed by atoms with van der Waals surface area (Å²) >= 11 is 5.96. The van der Waals surface area contributed by atoms with Gasteiger partial charge in [-0.2, -0.15) is 0 Å². The summed E-state index contributed by atoms with van der Waals surface area (Å²) < 4.78 is 14.2. The van der Waals surface area contributed by atoms with Gasteiger partial charge >= 0.3 is 6.03 Å². The molecule has 0 spiro atoms. The lowest BCUT2D eigenvalue weighted by Gasteiger charge is -2.33. The van der Waals surface area contributed by atoms with E-state index in [0.29, 0.717) is 23.8 Å². The summed E-state index contributed by atoms with van der Waals surface area (Å²) in [5.41, 5.74) is 3.74. The lowest BCUT2D eigenvalue weighted by Crippen LogP contribution is -2.50. The number of nitrogens with zero attached hydrogens (tertiary/aromatic N) is 2. The Morgan fingerprint density at radius 1 is 1.17 bits per heavy atom. The molecule has 29 heavy (non-hydrogen) atoms. The number of urea groups is 1. The number of fused-ring (bicyclic) bond motifs is 1. The van der Waals surface area contributed by atoms with Crippen molar-refractivity contribution in [1.29, 1.82) is 0 Å². The molecule has 2 heterocycles. The molecule has 152 valence electrons. The van der Waals surface area contributed by atoms with Crippen LogP contribution in [0.25, 0.3) is 0 Å². The van der Waals surface area contributed by atoms with Crippen molar-refractivity contribution < 1.29 is 14.0 Å². The molecule has 1 N–H and O–H groups in total. The van der Waals surface area contributed by atoms with E-state index >= 15 is 0 Å². The highest BCUT2D eigenvalue weighted by atomic mass is 35.5. The summed E-state index contributed by atoms with van der Waals surface area (Å²) in [7, 11) is 0. The van der Waals surface area contributed by atoms with Crippen molar-refractivity contribution in [2.45, 2.75) is 38.5 Å². The number of anilines is 1. The molecule has 2 aromatic rings. The van der Waals surface area contributed by atoms with Crippen LogP contribution in [0.3, 0.4) is 0 Å². The molecule has 1 fully saturated rings. The van der Waals surface area contributed by atoms with Gasteiger partial charge in [-0.1, -0.05) is 35.9 Å². The fourth-order valence-electron chi connectivity index (χ4n) is 4.09. The summed E-state index contributed by atoms with van der Waals surface area (Å²) in [5, 5.41) is 3.37. The third-order valence-electron chi connectivity index (χ3n) is 5.67. The highest BCUT2D eigenvalue weighted by molar-refractivity contribution is 6.30. The summed E-state index contributed by atoms with van der Waals surface area (Å²) in [5.74, 6) is -0.192. The first-order valence-electron chi connectivity index (χ1n) is 9.76. The molecule has 5 nitrogen and oxygen atoms in total. The molecule has 2 aliphatic rings. The maximum Gasteiger partial charge on any atom is 0.322 e. The standard InChI is InChI=1S/C22H23ClFN3O2/c1-14-10-17(23)6-7-19(14)25-22(29)27-13-18(24)11-20(27)21(28)26-9-8-15-4-2-3-5-16(15)12-26/h2-7,10,18,20H,8-9,11-13H2,1H3,(H,25,29). The predicted octanol–water partition coefficient (Wildman–Crippen LogP) is 4.18. The average molecular weight is 416 g/mol. The van der Waals surface area contributed by atoms with E-state index in [4.69, 9.17) is 11.6 Å². The topological polar surface area (TPSA) is 52.7 Å². The van der Waals surface area contributed by atoms with Crippen LogP contribution >= 0.6 is 11.6 Å². The van der Waals surface area contributed by atoms with E-state index in [1.807, 2.05) is 25.1 Å². The SMILES string of the molecule is Cc1cc(Cl)ccc1NC(=O)N1CC(F)CC1C(=O)N1CCc2ccccc2C1. The fourth-order valence-corrected chi connectivity index (χ4v) is 4.32. The number of amides is 3. The summed E-state index contributed by atoms with van der Waals surface area (Å²) in [6.45, 7) is 2.82. The van der Waals surface area contributed by atoms with Gasteiger partial charge in [-0.25, -0.2) is 9.18 Å². The van der Waals surface area contributed by atoms with Gasteiger partial charge in [0.15, 0.2) is 0 Å². The first kappa shape index (κ1) is 19.7. The molecule has 4 rings (SSSR count). The van der Waals surface area contributed by atoms with Crippen LogP contribution in [0.15, 0.2) is 42.5 Å². The molecule has 2 aromatic carbocycles. The first-order chi connectivity index (χ1) is 13.9. The van der Waals surface area contributed by atoms with Gasteiger partial charge < -0.3 is 15.1 Å². The Balaban J connectivity index is 1.49. The fraction of sp³-hybridized carbons (Fsp3) is 0.364. The van der Waals surface area contributed by atoms with Crippen molar-refractivity contribution in [1.82, 2.24) is 9.80 Å². The molecule has 7 heteroatoms. The lowest BCUT2D eigenvalue weighted by atomic mass is 9.99. The van der Waals surface area contributed by atoms with Crippen LogP contribution in [0.4, 0.5) is 14.9 Å². The van der Waals surface area contributed by atoms with E-state index in [9.17, 15) is 14.0 Å². The largest absolute Gasteiger partial charge is 0.336 e. The number of rotatable bonds is 2. The van der Waals surface area contributed by atoms with Crippen molar-refractivity contribution in [3.05, 3.63) is 64.2 Å². The number of carbonyl (C=O) groups is 2. The van der Waals surface area contributed by atoms with Gasteiger partial charge in [-0.3, -0.25) is 4.79 Å². The van der Waals surface area contributed by atoms with Gasteiger partial charge in [-0.05, 0) is 48.2 Å². The van der Waals surface area contributed by atoms with E-state index in [0.717, 1.165) is 17.5 Å². The summed E-state index contributed by atoms with van der Waals surface area (Å²) in [4.78, 5) is 29.0. The van der Waals surface area contributed by atoms with Crippen molar-refractivity contribution in [2.75, 3.05) is 18.4 Å². The van der Waals surface area contributed by atoms with Crippen molar-refractivity contribution in [3.63, 3.8) is 0 Å². The summed E-state index contributed by atoms with van der Waals surface area (Å²) in [6, 6.07) is 11.9. The zero-order valence-corrected chi connectivity index (χ0v) is 17.0. The normalized spacial score (nSPS) is 21.1. The van der Waals surface area contributed by atoms with E-state index < -0.39 is 18.2 Å². The Bertz CT molecular complexity index is 951. The van der Waals surface area contributed by atoms with Gasteiger partial charge in [0.25, 0.3) is 0 Å². The minimum absolute atomic E-state index is 0.0317. The van der Waals surface area contributed by atoms with Gasteiger partial charge in [0.1, 0.15) is 12.2 Å². The number of hydrogen-bond acceptors (Lipinski definition) is 2. The summed E-state index contributed by atoms with van der Waals surface area (Å²) in [6.07, 6.45) is -0.411. The van der Waals surface area contributed by atoms with Crippen LogP contribution in [0, 0.1) is 6.92 Å². The maximum atomic E-state index is 14.2. The van der Waals surface area contributed by atoms with E-state index in [1.54, 1.807) is 23.1 Å². The van der Waals surface area contributed by atoms with Gasteiger partial charge in [0.05, 0.1) is 6.54 Å². The monoisotopic (exact) mass is 415 g/mol. The molecule has 2 aliphatic heterocycles. The Labute approximate surface area is 174 Å². The minimum Gasteiger partial charge on any atom is -0.336 e. The van der Waals surface area contributed by atoms with E-state index in [2.05, 4.69) is 11.4 Å². The second kappa shape index (κ2) is 8.03. The highest BCUT2D eigenvalue weighted by Crippen LogP contribution is 2.27. The second-order valence-electron chi connectivity index (χ2n) is 7.67. The predicted molar refractivity (Wildman–Crippen MR) is 111 cm³/mol. The van der Waals surface area contributed by atoms with Gasteiger partial charge in [0, 0.05) is 30.2 Å². The van der Waals surface area contributed by atoms with Crippen LogP contribution in [0.2, 0.25) is 5.02 Å². The highest BCUT2D eigenvalue weighted by Gasteiger charge is 2.42. The molecular formula is C22H23ClFN3O2. The van der Waals surface area contributed by atoms with Crippen LogP contribution < -0.4 is 5.32 Å². The van der Waals surface area contributed by atoms with E-state index in [-0.39, 0.29) is 18.9 Å². The van der Waals surface area contributed by atoms with Crippen molar-refractivity contribution in [2.24, 2.45) is 0 Å². The molecule has 1 saturated heterocycles. The zero-order valence-electron chi connectivity index (χ0n) is 16.2. The molecule has 0 saturated carbocycles. The third kappa shape index (κ3) is 4.08. The third-order valence-corrected chi connectivity index (χ3v) is 5.90. The second-order valence-corrected chi connectivity index (χ2v) is 8.11. The number of nitrogens with one attached hydrogen (secondary N) is 1. The van der Waals surface area contributed by atoms with Crippen molar-refractivity contribution >= 4 is 29.2 Å². The Morgan fingerprint density at radius 2 is 1.93 bits per heavy atom. The van der Waals surface area contributed by atoms with Crippen LogP contribution in [-0.4, -0.2) is 47.0 Å². The molecule has 0 radical (unpaired) electrons. The Kier molecular flexibility index (Phi) is 5.46. The van der Waals surface area contributed by atoms with Gasteiger partial charge in [-0.15, -0.1) is 0 Å². The van der Waals surface area contributed by atoms with Gasteiger partial charge in [0.2, 0.25) is 5.91 Å². The molecule has 3 amide bonds. The minimum atomic E-state index is -1.21. The Hall–Kier alpha value is -2.60. The molecule has 2 unspecified atom stereocenters. The number of carbonyl (C=O) groups excluding carboxylic acids is 2. The average Bonchev–Trinajstić information content (AvgIpc) is 3.11. The Morgan fingerprint density at radius 3 is 2.69 bits per heavy atom. The number of benzene rings is 2. The van der Waals surface area contributed by atoms with E-state index in [1.165, 1.54) is 10.5 Å².